The van der Waals surface area contributed by atoms with E-state index in [1.165, 1.54) is 30.5 Å². The molecule has 0 aliphatic carbocycles. The lowest BCUT2D eigenvalue weighted by atomic mass is 10.0. The number of thiophene rings is 1. The molecule has 0 radical (unpaired) electrons. The first-order chi connectivity index (χ1) is 14.7. The lowest BCUT2D eigenvalue weighted by molar-refractivity contribution is -0.120. The first-order valence-corrected chi connectivity index (χ1v) is 11.9. The molecule has 2 atom stereocenters. The number of carbonyl (C=O) groups is 1. The van der Waals surface area contributed by atoms with E-state index in [0.29, 0.717) is 0 Å². The SMILES string of the molecule is CN1C(C(=O)Nc2ccc(F)c(Cl)c2)CC(c2cc(-c3cncn3C)cs2)NS1(=O)=O. The Kier molecular flexibility index (Phi) is 5.88. The fourth-order valence-electron chi connectivity index (χ4n) is 3.40. The average molecular weight is 484 g/mol. The Morgan fingerprint density at radius 2 is 2.13 bits per heavy atom. The van der Waals surface area contributed by atoms with Crippen molar-refractivity contribution in [2.45, 2.75) is 18.5 Å². The van der Waals surface area contributed by atoms with Crippen molar-refractivity contribution in [3.63, 3.8) is 0 Å². The second-order valence-electron chi connectivity index (χ2n) is 7.19. The summed E-state index contributed by atoms with van der Waals surface area (Å²) < 4.78 is 44.2. The van der Waals surface area contributed by atoms with Gasteiger partial charge in [0.2, 0.25) is 5.91 Å². The van der Waals surface area contributed by atoms with Crippen LogP contribution < -0.4 is 10.0 Å². The van der Waals surface area contributed by atoms with Gasteiger partial charge in [-0.05, 0) is 30.7 Å². The number of benzene rings is 1. The maximum atomic E-state index is 13.4. The summed E-state index contributed by atoms with van der Waals surface area (Å²) in [5, 5.41) is 4.41. The van der Waals surface area contributed by atoms with Crippen molar-refractivity contribution in [1.29, 1.82) is 0 Å². The third-order valence-corrected chi connectivity index (χ3v) is 8.06. The number of hydrogen-bond donors (Lipinski definition) is 2. The van der Waals surface area contributed by atoms with Crippen LogP contribution in [0.3, 0.4) is 0 Å². The molecular formula is C19H19ClFN5O3S2. The Morgan fingerprint density at radius 3 is 2.81 bits per heavy atom. The number of aryl methyl sites for hydroxylation is 1. The molecule has 3 heterocycles. The number of carbonyl (C=O) groups excluding carboxylic acids is 1. The molecule has 1 aromatic carbocycles. The Bertz CT molecular complexity index is 1240. The molecule has 164 valence electrons. The minimum absolute atomic E-state index is 0.136. The van der Waals surface area contributed by atoms with Gasteiger partial charge in [-0.1, -0.05) is 11.6 Å². The topological polar surface area (TPSA) is 96.3 Å². The maximum Gasteiger partial charge on any atom is 0.280 e. The molecule has 2 N–H and O–H groups in total. The Labute approximate surface area is 187 Å². The quantitative estimate of drug-likeness (QED) is 0.595. The van der Waals surface area contributed by atoms with Crippen LogP contribution in [0.2, 0.25) is 5.02 Å². The standard InChI is InChI=1S/C19H19ClFN5O3S2/c1-25-10-22-8-17(25)11-5-18(30-9-11)15-7-16(26(2)31(28,29)24-15)19(27)23-12-3-4-14(21)13(20)6-12/h3-6,8-10,15-16,24H,7H2,1-2H3,(H,23,27). The number of imidazole rings is 1. The second-order valence-corrected chi connectivity index (χ2v) is 10.3. The molecule has 12 heteroatoms. The van der Waals surface area contributed by atoms with Crippen molar-refractivity contribution >= 4 is 44.7 Å². The highest BCUT2D eigenvalue weighted by atomic mass is 35.5. The van der Waals surface area contributed by atoms with Gasteiger partial charge in [0, 0.05) is 35.6 Å². The van der Waals surface area contributed by atoms with Crippen molar-refractivity contribution in [2.75, 3.05) is 12.4 Å². The van der Waals surface area contributed by atoms with Gasteiger partial charge in [0.25, 0.3) is 10.2 Å². The second kappa shape index (κ2) is 8.32. The molecule has 0 spiro atoms. The minimum Gasteiger partial charge on any atom is -0.334 e. The van der Waals surface area contributed by atoms with Crippen LogP contribution in [0.15, 0.2) is 42.2 Å². The number of hydrogen-bond acceptors (Lipinski definition) is 5. The van der Waals surface area contributed by atoms with Gasteiger partial charge < -0.3 is 9.88 Å². The zero-order valence-corrected chi connectivity index (χ0v) is 18.9. The van der Waals surface area contributed by atoms with Crippen molar-refractivity contribution in [3.05, 3.63) is 57.9 Å². The highest BCUT2D eigenvalue weighted by Gasteiger charge is 2.41. The Balaban J connectivity index is 1.58. The van der Waals surface area contributed by atoms with Crippen LogP contribution in [0, 0.1) is 5.82 Å². The van der Waals surface area contributed by atoms with Crippen LogP contribution in [0.25, 0.3) is 11.3 Å². The molecule has 8 nitrogen and oxygen atoms in total. The van der Waals surface area contributed by atoms with Crippen molar-refractivity contribution < 1.29 is 17.6 Å². The van der Waals surface area contributed by atoms with E-state index in [4.69, 9.17) is 11.6 Å². The zero-order valence-electron chi connectivity index (χ0n) is 16.5. The molecule has 4 rings (SSSR count). The van der Waals surface area contributed by atoms with Gasteiger partial charge in [-0.15, -0.1) is 11.3 Å². The van der Waals surface area contributed by atoms with Crippen LogP contribution in [0.4, 0.5) is 10.1 Å². The van der Waals surface area contributed by atoms with E-state index in [1.807, 2.05) is 23.1 Å². The molecular weight excluding hydrogens is 465 g/mol. The molecule has 1 fully saturated rings. The summed E-state index contributed by atoms with van der Waals surface area (Å²) in [6.45, 7) is 0. The molecule has 31 heavy (non-hydrogen) atoms. The summed E-state index contributed by atoms with van der Waals surface area (Å²) >= 11 is 7.18. The normalized spacial score (nSPS) is 21.2. The van der Waals surface area contributed by atoms with Crippen molar-refractivity contribution in [1.82, 2.24) is 18.6 Å². The van der Waals surface area contributed by atoms with Gasteiger partial charge in [-0.25, -0.2) is 9.37 Å². The number of nitrogens with one attached hydrogen (secondary N) is 2. The summed E-state index contributed by atoms with van der Waals surface area (Å²) in [5.41, 5.74) is 2.10. The predicted octanol–water partition coefficient (Wildman–Crippen LogP) is 3.16. The summed E-state index contributed by atoms with van der Waals surface area (Å²) in [6.07, 6.45) is 3.64. The first-order valence-electron chi connectivity index (χ1n) is 9.22. The lowest BCUT2D eigenvalue weighted by Gasteiger charge is -2.35. The number of halogens is 2. The third-order valence-electron chi connectivity index (χ3n) is 5.13. The van der Waals surface area contributed by atoms with E-state index in [-0.39, 0.29) is 17.1 Å². The summed E-state index contributed by atoms with van der Waals surface area (Å²) in [5.74, 6) is -1.13. The third kappa shape index (κ3) is 4.37. The van der Waals surface area contributed by atoms with Crippen LogP contribution in [0.5, 0.6) is 0 Å². The van der Waals surface area contributed by atoms with Crippen LogP contribution >= 0.6 is 22.9 Å². The summed E-state index contributed by atoms with van der Waals surface area (Å²) in [6, 6.07) is 4.15. The van der Waals surface area contributed by atoms with E-state index in [0.717, 1.165) is 26.5 Å². The summed E-state index contributed by atoms with van der Waals surface area (Å²) in [7, 11) is -0.669. The minimum atomic E-state index is -3.89. The fraction of sp³-hybridized carbons (Fsp3) is 0.263. The summed E-state index contributed by atoms with van der Waals surface area (Å²) in [4.78, 5) is 17.8. The van der Waals surface area contributed by atoms with Gasteiger partial charge in [0.1, 0.15) is 11.9 Å². The highest BCUT2D eigenvalue weighted by molar-refractivity contribution is 7.87. The number of aromatic nitrogens is 2. The molecule has 1 aliphatic rings. The number of likely N-dealkylation sites (N-methyl/N-ethyl adjacent to an activating group) is 1. The Morgan fingerprint density at radius 1 is 1.35 bits per heavy atom. The van der Waals surface area contributed by atoms with E-state index >= 15 is 0 Å². The maximum absolute atomic E-state index is 13.4. The highest BCUT2D eigenvalue weighted by Crippen LogP contribution is 2.35. The molecule has 0 saturated carbocycles. The van der Waals surface area contributed by atoms with Gasteiger partial charge >= 0.3 is 0 Å². The average Bonchev–Trinajstić information content (AvgIpc) is 3.35. The molecule has 2 aromatic heterocycles. The molecule has 2 unspecified atom stereocenters. The van der Waals surface area contributed by atoms with Gasteiger partial charge in [-0.2, -0.15) is 17.4 Å². The van der Waals surface area contributed by atoms with Crippen LogP contribution in [-0.4, -0.2) is 41.3 Å². The number of nitrogens with zero attached hydrogens (tertiary/aromatic N) is 3. The Hall–Kier alpha value is -2.31. The van der Waals surface area contributed by atoms with Crippen LogP contribution in [0.1, 0.15) is 17.3 Å². The number of anilines is 1. The zero-order chi connectivity index (χ0) is 22.3. The molecule has 0 bridgehead atoms. The monoisotopic (exact) mass is 483 g/mol. The fourth-order valence-corrected chi connectivity index (χ4v) is 5.89. The number of rotatable bonds is 4. The first kappa shape index (κ1) is 21.9. The molecule has 1 saturated heterocycles. The number of amides is 1. The molecule has 1 amide bonds. The molecule has 3 aromatic rings. The predicted molar refractivity (Wildman–Crippen MR) is 118 cm³/mol. The smallest absolute Gasteiger partial charge is 0.280 e. The van der Waals surface area contributed by atoms with E-state index in [1.54, 1.807) is 12.5 Å². The lowest BCUT2D eigenvalue weighted by Crippen LogP contribution is -2.55. The van der Waals surface area contributed by atoms with Crippen LogP contribution in [-0.2, 0) is 22.1 Å². The van der Waals surface area contributed by atoms with E-state index < -0.39 is 34.0 Å². The van der Waals surface area contributed by atoms with Crippen molar-refractivity contribution in [3.8, 4) is 11.3 Å². The van der Waals surface area contributed by atoms with Gasteiger partial charge in [0.05, 0.1) is 29.3 Å². The van der Waals surface area contributed by atoms with E-state index in [9.17, 15) is 17.6 Å². The van der Waals surface area contributed by atoms with Gasteiger partial charge in [0.15, 0.2) is 0 Å². The molecule has 1 aliphatic heterocycles. The van der Waals surface area contributed by atoms with Gasteiger partial charge in [-0.3, -0.25) is 4.79 Å². The largest absolute Gasteiger partial charge is 0.334 e. The van der Waals surface area contributed by atoms with E-state index in [2.05, 4.69) is 15.0 Å². The van der Waals surface area contributed by atoms with Crippen molar-refractivity contribution in [2.24, 2.45) is 7.05 Å².